The Hall–Kier alpha value is -4.13. The minimum absolute atomic E-state index is 0.0117. The lowest BCUT2D eigenvalue weighted by molar-refractivity contribution is -0.141. The molecule has 37 heavy (non-hydrogen) atoms. The molecule has 2 bridgehead atoms. The van der Waals surface area contributed by atoms with Gasteiger partial charge >= 0.3 is 5.97 Å². The zero-order valence-electron chi connectivity index (χ0n) is 20.7. The summed E-state index contributed by atoms with van der Waals surface area (Å²) in [4.78, 5) is 40.1. The van der Waals surface area contributed by atoms with Crippen molar-refractivity contribution in [3.8, 4) is 11.5 Å². The Kier molecular flexibility index (Phi) is 5.71. The van der Waals surface area contributed by atoms with Crippen LogP contribution in [0, 0.1) is 0 Å². The molecule has 3 aromatic rings. The van der Waals surface area contributed by atoms with E-state index >= 15 is 0 Å². The second kappa shape index (κ2) is 9.07. The van der Waals surface area contributed by atoms with Crippen LogP contribution in [0.3, 0.4) is 0 Å². The standard InChI is InChI=1S/C30H27NO6/c1-35-25-12-11-17(14-27(25)37-26-15-18-13-23(26)20-8-4-3-7-19(18)20)24(16-28(32)36-2)31-29(33)21-9-5-6-10-22(21)30(31)34/h3-12,14,18,23-24,26H,13,15-16H2,1-2H3. The molecule has 4 atom stereocenters. The Balaban J connectivity index is 1.34. The van der Waals surface area contributed by atoms with Crippen LogP contribution in [0.15, 0.2) is 66.7 Å². The molecular formula is C30H27NO6. The molecule has 2 amide bonds. The highest BCUT2D eigenvalue weighted by Gasteiger charge is 2.45. The molecular weight excluding hydrogens is 470 g/mol. The van der Waals surface area contributed by atoms with Crippen LogP contribution < -0.4 is 9.47 Å². The topological polar surface area (TPSA) is 82.1 Å². The number of hydrogen-bond donors (Lipinski definition) is 0. The van der Waals surface area contributed by atoms with Crippen molar-refractivity contribution in [2.45, 2.75) is 43.2 Å². The highest BCUT2D eigenvalue weighted by molar-refractivity contribution is 6.21. The third kappa shape index (κ3) is 3.77. The second-order valence-corrected chi connectivity index (χ2v) is 9.79. The fourth-order valence-electron chi connectivity index (χ4n) is 6.18. The quantitative estimate of drug-likeness (QED) is 0.337. The molecule has 7 heteroatoms. The molecule has 0 spiro atoms. The number of amides is 2. The number of imide groups is 1. The highest BCUT2D eigenvalue weighted by Crippen LogP contribution is 2.54. The summed E-state index contributed by atoms with van der Waals surface area (Å²) in [5.74, 6) is 0.475. The molecule has 4 unspecified atom stereocenters. The van der Waals surface area contributed by atoms with Crippen molar-refractivity contribution >= 4 is 17.8 Å². The SMILES string of the molecule is COC(=O)CC(c1ccc(OC)c(OC2CC3CC2c2ccccc23)c1)N1C(=O)c2ccccc2C1=O. The zero-order valence-corrected chi connectivity index (χ0v) is 20.7. The number of hydrogen-bond acceptors (Lipinski definition) is 6. The Bertz CT molecular complexity index is 1380. The van der Waals surface area contributed by atoms with Crippen molar-refractivity contribution in [3.63, 3.8) is 0 Å². The van der Waals surface area contributed by atoms with Crippen LogP contribution in [-0.2, 0) is 9.53 Å². The largest absolute Gasteiger partial charge is 0.493 e. The van der Waals surface area contributed by atoms with Crippen LogP contribution in [0.2, 0.25) is 0 Å². The van der Waals surface area contributed by atoms with Gasteiger partial charge < -0.3 is 14.2 Å². The first kappa shape index (κ1) is 23.3. The maximum atomic E-state index is 13.3. The van der Waals surface area contributed by atoms with E-state index in [1.807, 2.05) is 0 Å². The van der Waals surface area contributed by atoms with Gasteiger partial charge in [-0.3, -0.25) is 19.3 Å². The van der Waals surface area contributed by atoms with Crippen LogP contribution in [0.5, 0.6) is 11.5 Å². The van der Waals surface area contributed by atoms with E-state index in [-0.39, 0.29) is 12.5 Å². The lowest BCUT2D eigenvalue weighted by Crippen LogP contribution is -2.35. The van der Waals surface area contributed by atoms with Gasteiger partial charge in [-0.1, -0.05) is 42.5 Å². The number of nitrogens with zero attached hydrogens (tertiary/aromatic N) is 1. The molecule has 7 nitrogen and oxygen atoms in total. The lowest BCUT2D eigenvalue weighted by atomic mass is 9.90. The van der Waals surface area contributed by atoms with Gasteiger partial charge in [0.1, 0.15) is 6.10 Å². The Morgan fingerprint density at radius 1 is 0.892 bits per heavy atom. The number of esters is 1. The fourth-order valence-corrected chi connectivity index (χ4v) is 6.18. The number of carbonyl (C=O) groups excluding carboxylic acids is 3. The summed E-state index contributed by atoms with van der Waals surface area (Å²) >= 11 is 0. The van der Waals surface area contributed by atoms with Crippen molar-refractivity contribution in [1.82, 2.24) is 4.90 Å². The molecule has 1 heterocycles. The van der Waals surface area contributed by atoms with Gasteiger partial charge in [0.2, 0.25) is 0 Å². The number of fused-ring (bicyclic) bond motifs is 6. The van der Waals surface area contributed by atoms with Crippen LogP contribution in [-0.4, -0.2) is 43.0 Å². The van der Waals surface area contributed by atoms with E-state index in [4.69, 9.17) is 14.2 Å². The fraction of sp³-hybridized carbons (Fsp3) is 0.300. The van der Waals surface area contributed by atoms with Gasteiger partial charge in [0.05, 0.1) is 37.8 Å². The van der Waals surface area contributed by atoms with E-state index in [1.54, 1.807) is 49.6 Å². The summed E-state index contributed by atoms with van der Waals surface area (Å²) in [7, 11) is 2.87. The molecule has 3 aliphatic rings. The molecule has 0 radical (unpaired) electrons. The van der Waals surface area contributed by atoms with Gasteiger partial charge in [-0.2, -0.15) is 0 Å². The Morgan fingerprint density at radius 2 is 1.57 bits per heavy atom. The lowest BCUT2D eigenvalue weighted by Gasteiger charge is -2.28. The van der Waals surface area contributed by atoms with Gasteiger partial charge in [-0.25, -0.2) is 0 Å². The number of methoxy groups -OCH3 is 2. The highest BCUT2D eigenvalue weighted by atomic mass is 16.5. The number of rotatable bonds is 7. The predicted octanol–water partition coefficient (Wildman–Crippen LogP) is 5.02. The number of benzene rings is 3. The molecule has 1 saturated carbocycles. The first-order chi connectivity index (χ1) is 18.0. The zero-order chi connectivity index (χ0) is 25.7. The van der Waals surface area contributed by atoms with Crippen molar-refractivity contribution in [1.29, 1.82) is 0 Å². The van der Waals surface area contributed by atoms with Crippen LogP contribution in [0.25, 0.3) is 0 Å². The molecule has 0 N–H and O–H groups in total. The maximum absolute atomic E-state index is 13.3. The third-order valence-electron chi connectivity index (χ3n) is 7.92. The normalized spacial score (nSPS) is 22.0. The van der Waals surface area contributed by atoms with E-state index < -0.39 is 23.8 Å². The molecule has 2 aliphatic carbocycles. The first-order valence-corrected chi connectivity index (χ1v) is 12.5. The van der Waals surface area contributed by atoms with Crippen molar-refractivity contribution < 1.29 is 28.6 Å². The van der Waals surface area contributed by atoms with Crippen molar-refractivity contribution in [3.05, 3.63) is 94.5 Å². The summed E-state index contributed by atoms with van der Waals surface area (Å²) in [5, 5.41) is 0. The molecule has 188 valence electrons. The minimum Gasteiger partial charge on any atom is -0.493 e. The van der Waals surface area contributed by atoms with E-state index in [0.717, 1.165) is 17.7 Å². The van der Waals surface area contributed by atoms with E-state index in [1.165, 1.54) is 18.2 Å². The van der Waals surface area contributed by atoms with Gasteiger partial charge in [0, 0.05) is 5.92 Å². The first-order valence-electron chi connectivity index (χ1n) is 12.5. The van der Waals surface area contributed by atoms with E-state index in [2.05, 4.69) is 24.3 Å². The number of carbonyl (C=O) groups is 3. The molecule has 3 aromatic carbocycles. The van der Waals surface area contributed by atoms with Crippen LogP contribution >= 0.6 is 0 Å². The van der Waals surface area contributed by atoms with Crippen molar-refractivity contribution in [2.75, 3.05) is 14.2 Å². The summed E-state index contributed by atoms with van der Waals surface area (Å²) in [6.07, 6.45) is 1.79. The summed E-state index contributed by atoms with van der Waals surface area (Å²) in [6.45, 7) is 0. The average molecular weight is 498 g/mol. The monoisotopic (exact) mass is 497 g/mol. The van der Waals surface area contributed by atoms with Gasteiger partial charge in [0.15, 0.2) is 11.5 Å². The smallest absolute Gasteiger partial charge is 0.307 e. The Morgan fingerprint density at radius 3 is 2.24 bits per heavy atom. The van der Waals surface area contributed by atoms with Gasteiger partial charge in [-0.05, 0) is 59.7 Å². The molecule has 6 rings (SSSR count). The molecule has 0 saturated heterocycles. The van der Waals surface area contributed by atoms with Crippen molar-refractivity contribution in [2.24, 2.45) is 0 Å². The minimum atomic E-state index is -0.853. The second-order valence-electron chi connectivity index (χ2n) is 9.79. The van der Waals surface area contributed by atoms with Gasteiger partial charge in [0.25, 0.3) is 11.8 Å². The maximum Gasteiger partial charge on any atom is 0.307 e. The average Bonchev–Trinajstić information content (AvgIpc) is 3.58. The molecule has 1 fully saturated rings. The third-order valence-corrected chi connectivity index (χ3v) is 7.92. The number of ether oxygens (including phenoxy) is 3. The van der Waals surface area contributed by atoms with E-state index in [9.17, 15) is 14.4 Å². The molecule has 1 aliphatic heterocycles. The summed E-state index contributed by atoms with van der Waals surface area (Å²) < 4.78 is 17.1. The Labute approximate surface area is 214 Å². The summed E-state index contributed by atoms with van der Waals surface area (Å²) in [6, 6.07) is 19.7. The van der Waals surface area contributed by atoms with Gasteiger partial charge in [-0.15, -0.1) is 0 Å². The van der Waals surface area contributed by atoms with E-state index in [0.29, 0.717) is 40.0 Å². The predicted molar refractivity (Wildman–Crippen MR) is 135 cm³/mol. The summed E-state index contributed by atoms with van der Waals surface area (Å²) in [5.41, 5.74) is 4.01. The van der Waals surface area contributed by atoms with Crippen LogP contribution in [0.1, 0.15) is 74.5 Å². The molecule has 0 aromatic heterocycles. The van der Waals surface area contributed by atoms with Crippen LogP contribution in [0.4, 0.5) is 0 Å².